The van der Waals surface area contributed by atoms with E-state index in [0.29, 0.717) is 61.9 Å². The maximum atomic E-state index is 13.7. The van der Waals surface area contributed by atoms with Crippen LogP contribution in [0, 0.1) is 18.3 Å². The van der Waals surface area contributed by atoms with Crippen molar-refractivity contribution in [2.24, 2.45) is 5.92 Å². The second-order valence-electron chi connectivity index (χ2n) is 10.1. The average molecular weight is 514 g/mol. The molecule has 1 N–H and O–H groups in total. The number of nitrogens with zero attached hydrogens (tertiary/aromatic N) is 4. The van der Waals surface area contributed by atoms with Crippen molar-refractivity contribution in [3.63, 3.8) is 0 Å². The van der Waals surface area contributed by atoms with E-state index in [1.807, 2.05) is 36.9 Å². The van der Waals surface area contributed by atoms with E-state index in [9.17, 15) is 9.59 Å². The molecule has 0 aliphatic carbocycles. The molecule has 8 heteroatoms. The summed E-state index contributed by atoms with van der Waals surface area (Å²) in [6.07, 6.45) is 5.20. The molecule has 0 unspecified atom stereocenters. The van der Waals surface area contributed by atoms with Crippen LogP contribution >= 0.6 is 0 Å². The fraction of sp³-hybridized carbons (Fsp3) is 0.400. The molecule has 4 heterocycles. The van der Waals surface area contributed by atoms with Gasteiger partial charge in [0.1, 0.15) is 16.8 Å². The normalized spacial score (nSPS) is 14.4. The quantitative estimate of drug-likeness (QED) is 0.285. The molecule has 38 heavy (non-hydrogen) atoms. The standard InChI is InChI=1S/C30H35N5O3/c1-3-38-18-8-15-34-26(31)24(20-25-28(34)32-27-21(2)9-7-14-35(27)30(25)37)29(36)33-16-12-23(13-17-33)19-22-10-5-4-6-11-22/h4-7,9-11,14,20,23,31H,3,8,12-13,15-19H2,1-2H3. The lowest BCUT2D eigenvalue weighted by atomic mass is 9.90. The monoisotopic (exact) mass is 513 g/mol. The van der Waals surface area contributed by atoms with Crippen molar-refractivity contribution in [2.45, 2.75) is 46.1 Å². The molecule has 0 atom stereocenters. The highest BCUT2D eigenvalue weighted by Gasteiger charge is 2.26. The molecule has 1 aliphatic heterocycles. The number of aryl methyl sites for hydroxylation is 2. The Morgan fingerprint density at radius 2 is 1.87 bits per heavy atom. The number of carbonyl (C=O) groups is 1. The van der Waals surface area contributed by atoms with Crippen LogP contribution in [0.2, 0.25) is 0 Å². The minimum atomic E-state index is -0.233. The molecule has 3 aromatic heterocycles. The zero-order chi connectivity index (χ0) is 26.6. The van der Waals surface area contributed by atoms with E-state index in [1.165, 1.54) is 9.96 Å². The van der Waals surface area contributed by atoms with Crippen molar-refractivity contribution in [3.05, 3.63) is 87.3 Å². The summed E-state index contributed by atoms with van der Waals surface area (Å²) in [6.45, 7) is 6.72. The number of aromatic nitrogens is 3. The third-order valence-corrected chi connectivity index (χ3v) is 7.51. The van der Waals surface area contributed by atoms with Gasteiger partial charge in [-0.2, -0.15) is 0 Å². The van der Waals surface area contributed by atoms with E-state index >= 15 is 0 Å². The molecule has 1 aromatic carbocycles. The third-order valence-electron chi connectivity index (χ3n) is 7.51. The van der Waals surface area contributed by atoms with Gasteiger partial charge < -0.3 is 14.2 Å². The smallest absolute Gasteiger partial charge is 0.267 e. The van der Waals surface area contributed by atoms with Gasteiger partial charge >= 0.3 is 0 Å². The van der Waals surface area contributed by atoms with Crippen molar-refractivity contribution in [1.29, 1.82) is 5.41 Å². The molecule has 0 radical (unpaired) electrons. The van der Waals surface area contributed by atoms with E-state index in [2.05, 4.69) is 24.3 Å². The number of rotatable bonds is 8. The topological polar surface area (TPSA) is 92.7 Å². The Labute approximate surface area is 222 Å². The number of likely N-dealkylation sites (tertiary alicyclic amines) is 1. The Bertz CT molecular complexity index is 1570. The highest BCUT2D eigenvalue weighted by molar-refractivity contribution is 5.97. The number of nitrogens with one attached hydrogen (secondary N) is 1. The summed E-state index contributed by atoms with van der Waals surface area (Å²) in [7, 11) is 0. The van der Waals surface area contributed by atoms with Crippen LogP contribution in [0.3, 0.4) is 0 Å². The fourth-order valence-electron chi connectivity index (χ4n) is 5.40. The first-order valence-electron chi connectivity index (χ1n) is 13.5. The number of amides is 1. The average Bonchev–Trinajstić information content (AvgIpc) is 2.93. The predicted molar refractivity (Wildman–Crippen MR) is 147 cm³/mol. The molecular weight excluding hydrogens is 478 g/mol. The lowest BCUT2D eigenvalue weighted by molar-refractivity contribution is 0.0687. The molecule has 198 valence electrons. The molecule has 1 saturated heterocycles. The number of fused-ring (bicyclic) bond motifs is 2. The molecule has 5 rings (SSSR count). The maximum Gasteiger partial charge on any atom is 0.267 e. The summed E-state index contributed by atoms with van der Waals surface area (Å²) in [4.78, 5) is 33.9. The van der Waals surface area contributed by atoms with E-state index in [0.717, 1.165) is 24.8 Å². The van der Waals surface area contributed by atoms with E-state index < -0.39 is 0 Å². The maximum absolute atomic E-state index is 13.7. The third kappa shape index (κ3) is 5.13. The number of pyridine rings is 2. The zero-order valence-electron chi connectivity index (χ0n) is 22.2. The molecule has 1 aliphatic rings. The Morgan fingerprint density at radius 3 is 2.61 bits per heavy atom. The van der Waals surface area contributed by atoms with Gasteiger partial charge in [0, 0.05) is 39.0 Å². The van der Waals surface area contributed by atoms with E-state index in [1.54, 1.807) is 16.8 Å². The molecule has 0 spiro atoms. The number of hydrogen-bond donors (Lipinski definition) is 1. The zero-order valence-corrected chi connectivity index (χ0v) is 22.2. The van der Waals surface area contributed by atoms with Gasteiger partial charge in [-0.1, -0.05) is 36.4 Å². The predicted octanol–water partition coefficient (Wildman–Crippen LogP) is 3.96. The first-order chi connectivity index (χ1) is 18.5. The van der Waals surface area contributed by atoms with Crippen molar-refractivity contribution < 1.29 is 9.53 Å². The lowest BCUT2D eigenvalue weighted by Gasteiger charge is -2.32. The molecule has 0 saturated carbocycles. The van der Waals surface area contributed by atoms with Crippen LogP contribution in [0.5, 0.6) is 0 Å². The summed E-state index contributed by atoms with van der Waals surface area (Å²) in [6, 6.07) is 15.8. The second-order valence-corrected chi connectivity index (χ2v) is 10.1. The van der Waals surface area contributed by atoms with Crippen molar-refractivity contribution in [1.82, 2.24) is 18.9 Å². The molecule has 0 bridgehead atoms. The number of benzene rings is 1. The van der Waals surface area contributed by atoms with Gasteiger partial charge in [0.15, 0.2) is 0 Å². The molecule has 4 aromatic rings. The van der Waals surface area contributed by atoms with Crippen LogP contribution in [-0.2, 0) is 17.7 Å². The van der Waals surface area contributed by atoms with Crippen molar-refractivity contribution >= 4 is 22.6 Å². The summed E-state index contributed by atoms with van der Waals surface area (Å²) < 4.78 is 8.74. The van der Waals surface area contributed by atoms with Gasteiger partial charge in [0.2, 0.25) is 0 Å². The number of hydrogen-bond acceptors (Lipinski definition) is 5. The largest absolute Gasteiger partial charge is 0.382 e. The van der Waals surface area contributed by atoms with Crippen LogP contribution in [0.1, 0.15) is 47.7 Å². The lowest BCUT2D eigenvalue weighted by Crippen LogP contribution is -2.42. The fourth-order valence-corrected chi connectivity index (χ4v) is 5.40. The van der Waals surface area contributed by atoms with Gasteiger partial charge in [-0.3, -0.25) is 19.4 Å². The van der Waals surface area contributed by atoms with Crippen LogP contribution in [0.25, 0.3) is 16.7 Å². The van der Waals surface area contributed by atoms with E-state index in [4.69, 9.17) is 15.1 Å². The summed E-state index contributed by atoms with van der Waals surface area (Å²) >= 11 is 0. The van der Waals surface area contributed by atoms with Crippen LogP contribution in [0.4, 0.5) is 0 Å². The summed E-state index contributed by atoms with van der Waals surface area (Å²) in [5.41, 5.74) is 3.30. The number of piperidine rings is 1. The molecule has 1 fully saturated rings. The summed E-state index contributed by atoms with van der Waals surface area (Å²) in [5, 5.41) is 9.35. The highest BCUT2D eigenvalue weighted by Crippen LogP contribution is 2.23. The minimum Gasteiger partial charge on any atom is -0.382 e. The van der Waals surface area contributed by atoms with Crippen LogP contribution in [0.15, 0.2) is 59.5 Å². The Hall–Kier alpha value is -3.78. The van der Waals surface area contributed by atoms with Crippen molar-refractivity contribution in [2.75, 3.05) is 26.3 Å². The number of ether oxygens (including phenoxy) is 1. The SMILES string of the molecule is CCOCCCn1c(=N)c(C(=O)N2CCC(Cc3ccccc3)CC2)cc2c(=O)n3cccc(C)c3nc21. The van der Waals surface area contributed by atoms with Crippen LogP contribution < -0.4 is 11.0 Å². The number of carbonyl (C=O) groups excluding carboxylic acids is 1. The minimum absolute atomic E-state index is 0.0928. The summed E-state index contributed by atoms with van der Waals surface area (Å²) in [5.74, 6) is 0.336. The van der Waals surface area contributed by atoms with Crippen molar-refractivity contribution in [3.8, 4) is 0 Å². The Morgan fingerprint density at radius 1 is 1.11 bits per heavy atom. The Balaban J connectivity index is 1.48. The Kier molecular flexibility index (Phi) is 7.69. The molecule has 8 nitrogen and oxygen atoms in total. The van der Waals surface area contributed by atoms with Gasteiger partial charge in [0.05, 0.1) is 10.9 Å². The van der Waals surface area contributed by atoms with E-state index in [-0.39, 0.29) is 22.5 Å². The highest BCUT2D eigenvalue weighted by atomic mass is 16.5. The molecular formula is C30H35N5O3. The first kappa shape index (κ1) is 25.9. The van der Waals surface area contributed by atoms with Gasteiger partial charge in [-0.25, -0.2) is 4.98 Å². The first-order valence-corrected chi connectivity index (χ1v) is 13.5. The van der Waals surface area contributed by atoms with Gasteiger partial charge in [-0.05, 0) is 68.7 Å². The van der Waals surface area contributed by atoms with Crippen LogP contribution in [-0.4, -0.2) is 51.1 Å². The van der Waals surface area contributed by atoms with Gasteiger partial charge in [0.25, 0.3) is 11.5 Å². The van der Waals surface area contributed by atoms with Gasteiger partial charge in [-0.15, -0.1) is 0 Å². The molecule has 1 amide bonds. The second kappa shape index (κ2) is 11.3.